The second kappa shape index (κ2) is 8.63. The topological polar surface area (TPSA) is 98.5 Å². The highest BCUT2D eigenvalue weighted by atomic mass is 32.2. The molecule has 0 aromatic heterocycles. The highest BCUT2D eigenvalue weighted by Gasteiger charge is 2.30. The molecule has 0 spiro atoms. The predicted octanol–water partition coefficient (Wildman–Crippen LogP) is 3.09. The zero-order valence-electron chi connectivity index (χ0n) is 15.5. The van der Waals surface area contributed by atoms with Crippen molar-refractivity contribution in [2.24, 2.45) is 5.41 Å². The number of carbonyl (C=O) groups is 1. The third-order valence-electron chi connectivity index (χ3n) is 4.36. The summed E-state index contributed by atoms with van der Waals surface area (Å²) >= 11 is 0. The van der Waals surface area contributed by atoms with E-state index in [2.05, 4.69) is 32.6 Å². The van der Waals surface area contributed by atoms with Crippen LogP contribution in [-0.4, -0.2) is 42.5 Å². The Balaban J connectivity index is 3.13. The third-order valence-corrected chi connectivity index (χ3v) is 5.16. The molecule has 0 amide bonds. The molecule has 0 bridgehead atoms. The molecule has 7 heteroatoms. The standard InChI is InChI=1S/C18H28N2O4S/c1-5-20(6-2)15-10-14(11-18(3,4)12-15)16(13-19)17(21)8-7-9-25(22,23)24/h10H,5-9,11-12H2,1-4H3,(H,22,23,24)/b16-14+. The van der Waals surface area contributed by atoms with Crippen LogP contribution in [0.3, 0.4) is 0 Å². The highest BCUT2D eigenvalue weighted by Crippen LogP contribution is 2.40. The van der Waals surface area contributed by atoms with Crippen LogP contribution in [0.25, 0.3) is 0 Å². The van der Waals surface area contributed by atoms with Crippen LogP contribution in [0, 0.1) is 16.7 Å². The zero-order chi connectivity index (χ0) is 19.3. The molecule has 0 aliphatic heterocycles. The van der Waals surface area contributed by atoms with Crippen LogP contribution in [-0.2, 0) is 14.9 Å². The normalized spacial score (nSPS) is 19.0. The fourth-order valence-electron chi connectivity index (χ4n) is 3.22. The maximum absolute atomic E-state index is 12.4. The van der Waals surface area contributed by atoms with Crippen molar-refractivity contribution >= 4 is 15.9 Å². The number of carbonyl (C=O) groups excluding carboxylic acids is 1. The van der Waals surface area contributed by atoms with E-state index in [0.717, 1.165) is 30.8 Å². The Bertz CT molecular complexity index is 708. The van der Waals surface area contributed by atoms with Gasteiger partial charge in [0, 0.05) is 25.2 Å². The number of allylic oxidation sites excluding steroid dienone is 4. The van der Waals surface area contributed by atoms with Gasteiger partial charge < -0.3 is 4.90 Å². The molecule has 0 saturated carbocycles. The Morgan fingerprint density at radius 1 is 1.32 bits per heavy atom. The number of nitrogens with zero attached hydrogens (tertiary/aromatic N) is 2. The Hall–Kier alpha value is -1.65. The van der Waals surface area contributed by atoms with E-state index in [1.165, 1.54) is 0 Å². The largest absolute Gasteiger partial charge is 0.375 e. The van der Waals surface area contributed by atoms with Crippen molar-refractivity contribution in [1.29, 1.82) is 5.26 Å². The molecule has 6 nitrogen and oxygen atoms in total. The van der Waals surface area contributed by atoms with E-state index in [1.54, 1.807) is 0 Å². The Kier molecular flexibility index (Phi) is 7.39. The third kappa shape index (κ3) is 6.63. The first kappa shape index (κ1) is 21.4. The summed E-state index contributed by atoms with van der Waals surface area (Å²) in [6, 6.07) is 2.01. The van der Waals surface area contributed by atoms with Gasteiger partial charge in [0.1, 0.15) is 6.07 Å². The van der Waals surface area contributed by atoms with Crippen molar-refractivity contribution in [3.8, 4) is 6.07 Å². The lowest BCUT2D eigenvalue weighted by atomic mass is 9.75. The van der Waals surface area contributed by atoms with Crippen molar-refractivity contribution in [2.75, 3.05) is 18.8 Å². The first-order valence-corrected chi connectivity index (χ1v) is 10.2. The van der Waals surface area contributed by atoms with Gasteiger partial charge in [-0.25, -0.2) is 0 Å². The van der Waals surface area contributed by atoms with Gasteiger partial charge in [-0.15, -0.1) is 0 Å². The summed E-state index contributed by atoms with van der Waals surface area (Å²) in [7, 11) is -4.09. The fraction of sp³-hybridized carbons (Fsp3) is 0.667. The van der Waals surface area contributed by atoms with Crippen LogP contribution in [0.1, 0.15) is 53.4 Å². The molecule has 0 atom stereocenters. The van der Waals surface area contributed by atoms with Crippen LogP contribution in [0.5, 0.6) is 0 Å². The summed E-state index contributed by atoms with van der Waals surface area (Å²) in [6.45, 7) is 10.1. The summed E-state index contributed by atoms with van der Waals surface area (Å²) in [5, 5.41) is 9.48. The van der Waals surface area contributed by atoms with E-state index >= 15 is 0 Å². The number of hydrogen-bond donors (Lipinski definition) is 1. The van der Waals surface area contributed by atoms with Crippen LogP contribution in [0.4, 0.5) is 0 Å². The van der Waals surface area contributed by atoms with Crippen molar-refractivity contribution < 1.29 is 17.8 Å². The first-order chi connectivity index (χ1) is 11.5. The second-order valence-electron chi connectivity index (χ2n) is 7.15. The lowest BCUT2D eigenvalue weighted by molar-refractivity contribution is -0.115. The molecule has 1 N–H and O–H groups in total. The van der Waals surface area contributed by atoms with Gasteiger partial charge in [0.25, 0.3) is 10.1 Å². The average Bonchev–Trinajstić information content (AvgIpc) is 2.46. The van der Waals surface area contributed by atoms with Crippen molar-refractivity contribution in [2.45, 2.75) is 53.4 Å². The molecule has 25 heavy (non-hydrogen) atoms. The molecular weight excluding hydrogens is 340 g/mol. The molecular formula is C18H28N2O4S. The smallest absolute Gasteiger partial charge is 0.264 e. The molecule has 0 aromatic rings. The lowest BCUT2D eigenvalue weighted by Crippen LogP contribution is -2.29. The van der Waals surface area contributed by atoms with E-state index in [4.69, 9.17) is 4.55 Å². The van der Waals surface area contributed by atoms with Crippen molar-refractivity contribution in [1.82, 2.24) is 4.90 Å². The summed E-state index contributed by atoms with van der Waals surface area (Å²) < 4.78 is 30.3. The van der Waals surface area contributed by atoms with E-state index in [9.17, 15) is 18.5 Å². The molecule has 0 aromatic carbocycles. The monoisotopic (exact) mass is 368 g/mol. The van der Waals surface area contributed by atoms with E-state index in [0.29, 0.717) is 6.42 Å². The summed E-state index contributed by atoms with van der Waals surface area (Å²) in [5.41, 5.74) is 1.89. The van der Waals surface area contributed by atoms with Crippen molar-refractivity contribution in [3.63, 3.8) is 0 Å². The van der Waals surface area contributed by atoms with Gasteiger partial charge in [0.2, 0.25) is 0 Å². The maximum Gasteiger partial charge on any atom is 0.264 e. The van der Waals surface area contributed by atoms with Crippen LogP contribution in [0.2, 0.25) is 0 Å². The Labute approximate surface area is 151 Å². The van der Waals surface area contributed by atoms with E-state index < -0.39 is 15.9 Å². The molecule has 1 aliphatic carbocycles. The highest BCUT2D eigenvalue weighted by molar-refractivity contribution is 7.85. The van der Waals surface area contributed by atoms with Gasteiger partial charge in [0.15, 0.2) is 5.78 Å². The van der Waals surface area contributed by atoms with Gasteiger partial charge in [-0.05, 0) is 50.2 Å². The Morgan fingerprint density at radius 2 is 1.92 bits per heavy atom. The SMILES string of the molecule is CCN(CC)C1=C/C(=C(/C#N)C(=O)CCCS(=O)(=O)O)CC(C)(C)C1. The number of hydrogen-bond acceptors (Lipinski definition) is 5. The Morgan fingerprint density at radius 3 is 2.40 bits per heavy atom. The quantitative estimate of drug-likeness (QED) is 0.401. The second-order valence-corrected chi connectivity index (χ2v) is 8.72. The average molecular weight is 368 g/mol. The number of ketones is 1. The number of Topliss-reactive ketones (excluding diaryl/α,β-unsaturated/α-hetero) is 1. The van der Waals surface area contributed by atoms with Gasteiger partial charge in [0.05, 0.1) is 11.3 Å². The minimum Gasteiger partial charge on any atom is -0.375 e. The molecule has 0 unspecified atom stereocenters. The van der Waals surface area contributed by atoms with Crippen LogP contribution >= 0.6 is 0 Å². The molecule has 0 fully saturated rings. The van der Waals surface area contributed by atoms with Crippen LogP contribution in [0.15, 0.2) is 22.9 Å². The molecule has 0 heterocycles. The summed E-state index contributed by atoms with van der Waals surface area (Å²) in [5.74, 6) is -0.840. The van der Waals surface area contributed by atoms with Gasteiger partial charge >= 0.3 is 0 Å². The molecule has 0 saturated heterocycles. The van der Waals surface area contributed by atoms with Gasteiger partial charge in [-0.1, -0.05) is 13.8 Å². The molecule has 0 radical (unpaired) electrons. The van der Waals surface area contributed by atoms with Gasteiger partial charge in [-0.3, -0.25) is 9.35 Å². The minimum atomic E-state index is -4.09. The minimum absolute atomic E-state index is 0.00609. The van der Waals surface area contributed by atoms with Crippen molar-refractivity contribution in [3.05, 3.63) is 22.9 Å². The fourth-order valence-corrected chi connectivity index (χ4v) is 3.73. The molecule has 1 rings (SSSR count). The van der Waals surface area contributed by atoms with Gasteiger partial charge in [-0.2, -0.15) is 13.7 Å². The predicted molar refractivity (Wildman–Crippen MR) is 97.3 cm³/mol. The maximum atomic E-state index is 12.4. The van der Waals surface area contributed by atoms with Crippen LogP contribution < -0.4 is 0 Å². The number of nitriles is 1. The summed E-state index contributed by atoms with van der Waals surface area (Å²) in [4.78, 5) is 14.6. The lowest BCUT2D eigenvalue weighted by Gasteiger charge is -2.36. The molecule has 1 aliphatic rings. The van der Waals surface area contributed by atoms with E-state index in [1.807, 2.05) is 12.1 Å². The summed E-state index contributed by atoms with van der Waals surface area (Å²) in [6.07, 6.45) is 3.39. The first-order valence-electron chi connectivity index (χ1n) is 8.60. The number of rotatable bonds is 8. The molecule has 140 valence electrons. The zero-order valence-corrected chi connectivity index (χ0v) is 16.3. The van der Waals surface area contributed by atoms with E-state index in [-0.39, 0.29) is 29.6 Å².